The summed E-state index contributed by atoms with van der Waals surface area (Å²) in [5.41, 5.74) is 6.37. The molecule has 2 N–H and O–H groups in total. The second-order valence-electron chi connectivity index (χ2n) is 12.1. The molecule has 0 amide bonds. The molecular weight excluding hydrogens is 564 g/mol. The molecule has 3 aromatic rings. The van der Waals surface area contributed by atoms with E-state index >= 15 is 0 Å². The van der Waals surface area contributed by atoms with E-state index in [0.29, 0.717) is 18.3 Å². The predicted octanol–water partition coefficient (Wildman–Crippen LogP) is 10.3. The Morgan fingerprint density at radius 1 is 1.02 bits per heavy atom. The van der Waals surface area contributed by atoms with Gasteiger partial charge in [0.15, 0.2) is 0 Å². The summed E-state index contributed by atoms with van der Waals surface area (Å²) in [5.74, 6) is -1.34. The van der Waals surface area contributed by atoms with E-state index < -0.39 is 12.5 Å². The lowest BCUT2D eigenvalue weighted by atomic mass is 9.82. The summed E-state index contributed by atoms with van der Waals surface area (Å²) in [7, 11) is 0. The van der Waals surface area contributed by atoms with Gasteiger partial charge in [-0.2, -0.15) is 0 Å². The Bertz CT molecular complexity index is 1160. The smallest absolute Gasteiger partial charge is 0.270 e. The van der Waals surface area contributed by atoms with Gasteiger partial charge in [0.05, 0.1) is 6.67 Å². The minimum atomic E-state index is -2.86. The molecule has 0 saturated carbocycles. The number of unbranched alkanes of at least 4 members (excludes halogenated alkanes) is 1. The van der Waals surface area contributed by atoms with Crippen molar-refractivity contribution < 1.29 is 22.7 Å². The number of nitrogens with zero attached hydrogens (tertiary/aromatic N) is 1. The number of rotatable bonds is 12. The Morgan fingerprint density at radius 3 is 2.20 bits per heavy atom. The number of aliphatic hydroxyl groups is 1. The molecule has 0 bridgehead atoms. The molecule has 0 spiro atoms. The number of fused-ring (bicyclic) bond motifs is 1. The molecule has 0 radical (unpaired) electrons. The second kappa shape index (κ2) is 20.6. The molecule has 1 aromatic heterocycles. The zero-order valence-electron chi connectivity index (χ0n) is 28.5. The number of aryl methyl sites for hydroxylation is 2. The number of likely N-dealkylation sites (tertiary alicyclic amines) is 1. The van der Waals surface area contributed by atoms with Gasteiger partial charge in [-0.3, -0.25) is 4.39 Å². The number of halogens is 4. The van der Waals surface area contributed by atoms with Gasteiger partial charge in [-0.25, -0.2) is 13.2 Å². The molecule has 3 nitrogen and oxygen atoms in total. The molecule has 44 heavy (non-hydrogen) atoms. The van der Waals surface area contributed by atoms with Gasteiger partial charge in [0.2, 0.25) is 0 Å². The first-order valence-corrected chi connectivity index (χ1v) is 16.6. The molecule has 1 aliphatic rings. The Morgan fingerprint density at radius 2 is 1.68 bits per heavy atom. The van der Waals surface area contributed by atoms with Crippen LogP contribution in [0.2, 0.25) is 0 Å². The van der Waals surface area contributed by atoms with Gasteiger partial charge < -0.3 is 15.0 Å². The van der Waals surface area contributed by atoms with E-state index in [1.807, 2.05) is 20.8 Å². The van der Waals surface area contributed by atoms with E-state index in [9.17, 15) is 17.6 Å². The van der Waals surface area contributed by atoms with Crippen LogP contribution in [-0.2, 0) is 12.8 Å². The van der Waals surface area contributed by atoms with Crippen molar-refractivity contribution in [3.05, 3.63) is 70.7 Å². The van der Waals surface area contributed by atoms with Crippen LogP contribution in [0.15, 0.2) is 42.5 Å². The highest BCUT2D eigenvalue weighted by Crippen LogP contribution is 2.32. The lowest BCUT2D eigenvalue weighted by Crippen LogP contribution is -2.49. The first-order chi connectivity index (χ1) is 20.9. The number of alkyl halides is 3. The van der Waals surface area contributed by atoms with Crippen molar-refractivity contribution in [1.82, 2.24) is 9.88 Å². The average molecular weight is 623 g/mol. The number of hydrogen-bond acceptors (Lipinski definition) is 2. The number of aromatic nitrogens is 1. The summed E-state index contributed by atoms with van der Waals surface area (Å²) in [4.78, 5) is 5.88. The van der Waals surface area contributed by atoms with Crippen LogP contribution >= 0.6 is 0 Å². The number of hydrogen-bond donors (Lipinski definition) is 2. The fourth-order valence-corrected chi connectivity index (χ4v) is 5.27. The number of nitrogens with one attached hydrogen (secondary N) is 1. The predicted molar refractivity (Wildman–Crippen MR) is 179 cm³/mol. The molecule has 1 saturated heterocycles. The highest BCUT2D eigenvalue weighted by Gasteiger charge is 2.31. The van der Waals surface area contributed by atoms with Crippen LogP contribution in [0, 0.1) is 24.6 Å². The van der Waals surface area contributed by atoms with Crippen LogP contribution in [0.25, 0.3) is 10.9 Å². The molecule has 1 aliphatic heterocycles. The first-order valence-electron chi connectivity index (χ1n) is 16.6. The Balaban J connectivity index is 0.000000348. The molecule has 1 unspecified atom stereocenters. The molecule has 4 rings (SSSR count). The van der Waals surface area contributed by atoms with Crippen LogP contribution < -0.4 is 0 Å². The number of para-hydroxylation sites is 1. The standard InChI is InChI=1S/C16H23N.C15H21F2N.C4H8F2O.C2H6/c1-4-5-9-16-14(11-12(2)3)13-8-6-7-10-15(13)17-16;1-11-6-13(8-15(17)7-11)12(2)14-9-18(10-14)5-3-4-16;1-2-4(5,6)3-7;1-2/h6-8,10,12,17H,4-5,9,11H2,1-3H3;6-8,12,14H,3-5,9-10H2,1-2H3;7H,2-3H2,1H3;1-2H3. The van der Waals surface area contributed by atoms with Gasteiger partial charge >= 0.3 is 0 Å². The SMILES string of the molecule is CC.CCC(F)(F)CO.CCCCc1[nH]c2ccccc2c1CC(C)C.Cc1cc(F)cc(C(C)C2CN(CCCF)C2)c1. The van der Waals surface area contributed by atoms with E-state index in [1.54, 1.807) is 17.7 Å². The van der Waals surface area contributed by atoms with Crippen molar-refractivity contribution in [1.29, 1.82) is 0 Å². The van der Waals surface area contributed by atoms with Crippen LogP contribution in [0.3, 0.4) is 0 Å². The van der Waals surface area contributed by atoms with Gasteiger partial charge in [0.1, 0.15) is 12.4 Å². The molecule has 2 heterocycles. The number of benzene rings is 2. The largest absolute Gasteiger partial charge is 0.390 e. The summed E-state index contributed by atoms with van der Waals surface area (Å²) in [6.45, 7) is 17.9. The molecule has 0 aliphatic carbocycles. The maximum atomic E-state index is 13.4. The molecule has 1 atom stereocenters. The summed E-state index contributed by atoms with van der Waals surface area (Å²) < 4.78 is 48.7. The number of H-pyrrole nitrogens is 1. The highest BCUT2D eigenvalue weighted by atomic mass is 19.3. The molecule has 2 aromatic carbocycles. The van der Waals surface area contributed by atoms with E-state index in [0.717, 1.165) is 36.7 Å². The van der Waals surface area contributed by atoms with Gasteiger partial charge in [-0.15, -0.1) is 0 Å². The van der Waals surface area contributed by atoms with E-state index in [4.69, 9.17) is 5.11 Å². The van der Waals surface area contributed by atoms with Crippen molar-refractivity contribution in [2.24, 2.45) is 11.8 Å². The Labute approximate surface area is 264 Å². The third-order valence-electron chi connectivity index (χ3n) is 7.93. The lowest BCUT2D eigenvalue weighted by Gasteiger charge is -2.42. The zero-order valence-corrected chi connectivity index (χ0v) is 28.5. The van der Waals surface area contributed by atoms with Crippen molar-refractivity contribution in [2.45, 2.75) is 106 Å². The van der Waals surface area contributed by atoms with E-state index in [1.165, 1.54) is 49.2 Å². The minimum Gasteiger partial charge on any atom is -0.390 e. The summed E-state index contributed by atoms with van der Waals surface area (Å²) in [6.07, 6.45) is 5.24. The summed E-state index contributed by atoms with van der Waals surface area (Å²) in [5, 5.41) is 9.27. The minimum absolute atomic E-state index is 0.148. The van der Waals surface area contributed by atoms with E-state index in [-0.39, 0.29) is 18.9 Å². The average Bonchev–Trinajstić information content (AvgIpc) is 3.32. The molecular formula is C37H58F4N2O. The van der Waals surface area contributed by atoms with Crippen molar-refractivity contribution in [2.75, 3.05) is 32.9 Å². The van der Waals surface area contributed by atoms with Crippen LogP contribution in [0.5, 0.6) is 0 Å². The van der Waals surface area contributed by atoms with Gasteiger partial charge in [0, 0.05) is 42.7 Å². The third kappa shape index (κ3) is 13.3. The summed E-state index contributed by atoms with van der Waals surface area (Å²) >= 11 is 0. The maximum Gasteiger partial charge on any atom is 0.270 e. The Kier molecular flexibility index (Phi) is 18.6. The Hall–Kier alpha value is -2.38. The van der Waals surface area contributed by atoms with Crippen LogP contribution in [0.1, 0.15) is 102 Å². The zero-order chi connectivity index (χ0) is 33.3. The fraction of sp³-hybridized carbons (Fsp3) is 0.622. The van der Waals surface area contributed by atoms with Gasteiger partial charge in [0.25, 0.3) is 5.92 Å². The first kappa shape index (κ1) is 39.6. The molecule has 1 fully saturated rings. The second-order valence-corrected chi connectivity index (χ2v) is 12.1. The number of aliphatic hydroxyl groups excluding tert-OH is 1. The monoisotopic (exact) mass is 622 g/mol. The third-order valence-corrected chi connectivity index (χ3v) is 7.93. The lowest BCUT2D eigenvalue weighted by molar-refractivity contribution is -0.0522. The topological polar surface area (TPSA) is 39.3 Å². The van der Waals surface area contributed by atoms with Gasteiger partial charge in [-0.1, -0.05) is 79.2 Å². The normalized spacial score (nSPS) is 14.1. The molecule has 250 valence electrons. The van der Waals surface area contributed by atoms with Crippen molar-refractivity contribution in [3.63, 3.8) is 0 Å². The van der Waals surface area contributed by atoms with Crippen LogP contribution in [-0.4, -0.2) is 53.8 Å². The fourth-order valence-electron chi connectivity index (χ4n) is 5.27. The highest BCUT2D eigenvalue weighted by molar-refractivity contribution is 5.84. The van der Waals surface area contributed by atoms with Crippen molar-refractivity contribution in [3.8, 4) is 0 Å². The van der Waals surface area contributed by atoms with E-state index in [2.05, 4.69) is 67.9 Å². The number of aromatic amines is 1. The van der Waals surface area contributed by atoms with Crippen molar-refractivity contribution >= 4 is 10.9 Å². The molecule has 7 heteroatoms. The maximum absolute atomic E-state index is 13.4. The van der Waals surface area contributed by atoms with Gasteiger partial charge in [-0.05, 0) is 85.3 Å². The quantitative estimate of drug-likeness (QED) is 0.197. The van der Waals surface area contributed by atoms with Crippen LogP contribution in [0.4, 0.5) is 17.6 Å². The summed E-state index contributed by atoms with van der Waals surface area (Å²) in [6, 6.07) is 14.0.